The van der Waals surface area contributed by atoms with Crippen molar-refractivity contribution in [3.63, 3.8) is 0 Å². The number of hydrogen-bond acceptors (Lipinski definition) is 3. The Kier molecular flexibility index (Phi) is 3.87. The summed E-state index contributed by atoms with van der Waals surface area (Å²) in [6.07, 6.45) is 2.06. The van der Waals surface area contributed by atoms with Gasteiger partial charge >= 0.3 is 6.09 Å². The lowest BCUT2D eigenvalue weighted by Crippen LogP contribution is -2.30. The first-order chi connectivity index (χ1) is 5.84. The molecule has 0 aromatic rings. The SMILES string of the molecule is CNCCOC(=O)N1CCCC1. The van der Waals surface area contributed by atoms with Crippen LogP contribution in [0.15, 0.2) is 0 Å². The molecule has 1 N–H and O–H groups in total. The summed E-state index contributed by atoms with van der Waals surface area (Å²) in [7, 11) is 1.84. The summed E-state index contributed by atoms with van der Waals surface area (Å²) in [5.74, 6) is 0. The molecule has 0 unspecified atom stereocenters. The summed E-state index contributed by atoms with van der Waals surface area (Å²) >= 11 is 0. The normalized spacial score (nSPS) is 16.6. The second-order valence-corrected chi connectivity index (χ2v) is 2.91. The van der Waals surface area contributed by atoms with E-state index in [1.54, 1.807) is 4.90 Å². The Balaban J connectivity index is 2.10. The van der Waals surface area contributed by atoms with E-state index in [4.69, 9.17) is 4.74 Å². The van der Waals surface area contributed by atoms with Crippen molar-refractivity contribution in [3.8, 4) is 0 Å². The molecule has 1 rings (SSSR count). The van der Waals surface area contributed by atoms with Crippen molar-refractivity contribution in [2.24, 2.45) is 0 Å². The minimum Gasteiger partial charge on any atom is -0.448 e. The van der Waals surface area contributed by atoms with Crippen molar-refractivity contribution in [2.75, 3.05) is 33.3 Å². The lowest BCUT2D eigenvalue weighted by molar-refractivity contribution is 0.112. The topological polar surface area (TPSA) is 41.6 Å². The quantitative estimate of drug-likeness (QED) is 0.628. The van der Waals surface area contributed by atoms with Crippen LogP contribution in [0, 0.1) is 0 Å². The number of nitrogens with one attached hydrogen (secondary N) is 1. The number of likely N-dealkylation sites (N-methyl/N-ethyl adjacent to an activating group) is 1. The molecule has 1 fully saturated rings. The van der Waals surface area contributed by atoms with E-state index in [-0.39, 0.29) is 6.09 Å². The average Bonchev–Trinajstić information content (AvgIpc) is 2.56. The number of amides is 1. The summed E-state index contributed by atoms with van der Waals surface area (Å²) in [6, 6.07) is 0. The summed E-state index contributed by atoms with van der Waals surface area (Å²) in [4.78, 5) is 13.0. The third-order valence-corrected chi connectivity index (χ3v) is 1.94. The summed E-state index contributed by atoms with van der Waals surface area (Å²) in [5.41, 5.74) is 0. The molecular weight excluding hydrogens is 156 g/mol. The van der Waals surface area contributed by atoms with E-state index in [9.17, 15) is 4.79 Å². The number of carbonyl (C=O) groups is 1. The van der Waals surface area contributed by atoms with Gasteiger partial charge in [-0.15, -0.1) is 0 Å². The van der Waals surface area contributed by atoms with Crippen molar-refractivity contribution in [1.82, 2.24) is 10.2 Å². The molecule has 0 spiro atoms. The highest BCUT2D eigenvalue weighted by Crippen LogP contribution is 2.08. The molecule has 0 atom stereocenters. The fourth-order valence-corrected chi connectivity index (χ4v) is 1.23. The standard InChI is InChI=1S/C8H16N2O2/c1-9-4-7-12-8(11)10-5-2-3-6-10/h9H,2-7H2,1H3. The van der Waals surface area contributed by atoms with Gasteiger partial charge in [0.25, 0.3) is 0 Å². The van der Waals surface area contributed by atoms with Gasteiger partial charge in [-0.25, -0.2) is 4.79 Å². The predicted molar refractivity (Wildman–Crippen MR) is 46.1 cm³/mol. The van der Waals surface area contributed by atoms with Gasteiger partial charge in [-0.05, 0) is 19.9 Å². The van der Waals surface area contributed by atoms with Crippen molar-refractivity contribution in [1.29, 1.82) is 0 Å². The van der Waals surface area contributed by atoms with E-state index < -0.39 is 0 Å². The molecule has 1 saturated heterocycles. The first-order valence-corrected chi connectivity index (χ1v) is 4.41. The zero-order valence-electron chi connectivity index (χ0n) is 7.51. The van der Waals surface area contributed by atoms with Crippen LogP contribution in [0.2, 0.25) is 0 Å². The highest BCUT2D eigenvalue weighted by Gasteiger charge is 2.18. The second kappa shape index (κ2) is 4.98. The Labute approximate surface area is 72.9 Å². The smallest absolute Gasteiger partial charge is 0.409 e. The highest BCUT2D eigenvalue weighted by molar-refractivity contribution is 5.67. The maximum Gasteiger partial charge on any atom is 0.409 e. The van der Waals surface area contributed by atoms with E-state index in [0.29, 0.717) is 6.61 Å². The number of rotatable bonds is 3. The molecule has 0 aliphatic carbocycles. The molecule has 0 bridgehead atoms. The van der Waals surface area contributed by atoms with E-state index in [1.807, 2.05) is 7.05 Å². The van der Waals surface area contributed by atoms with Crippen molar-refractivity contribution in [3.05, 3.63) is 0 Å². The third kappa shape index (κ3) is 2.70. The number of hydrogen-bond donors (Lipinski definition) is 1. The maximum absolute atomic E-state index is 11.2. The molecule has 4 heteroatoms. The zero-order valence-corrected chi connectivity index (χ0v) is 7.51. The van der Waals surface area contributed by atoms with E-state index in [1.165, 1.54) is 0 Å². The Morgan fingerprint density at radius 3 is 2.75 bits per heavy atom. The minimum absolute atomic E-state index is 0.164. The molecular formula is C8H16N2O2. The Hall–Kier alpha value is -0.770. The number of carbonyl (C=O) groups excluding carboxylic acids is 1. The lowest BCUT2D eigenvalue weighted by Gasteiger charge is -2.14. The molecule has 12 heavy (non-hydrogen) atoms. The first-order valence-electron chi connectivity index (χ1n) is 4.41. The van der Waals surface area contributed by atoms with Crippen LogP contribution in [0.25, 0.3) is 0 Å². The van der Waals surface area contributed by atoms with Gasteiger partial charge in [0.1, 0.15) is 6.61 Å². The van der Waals surface area contributed by atoms with E-state index >= 15 is 0 Å². The molecule has 1 aliphatic rings. The van der Waals surface area contributed by atoms with Crippen molar-refractivity contribution < 1.29 is 9.53 Å². The lowest BCUT2D eigenvalue weighted by atomic mass is 10.4. The van der Waals surface area contributed by atoms with E-state index in [0.717, 1.165) is 32.5 Å². The van der Waals surface area contributed by atoms with Crippen LogP contribution in [0.5, 0.6) is 0 Å². The second-order valence-electron chi connectivity index (χ2n) is 2.91. The van der Waals surface area contributed by atoms with Crippen molar-refractivity contribution >= 4 is 6.09 Å². The van der Waals surface area contributed by atoms with Crippen LogP contribution in [-0.4, -0.2) is 44.3 Å². The molecule has 0 radical (unpaired) electrons. The van der Waals surface area contributed by atoms with Crippen LogP contribution in [0.3, 0.4) is 0 Å². The zero-order chi connectivity index (χ0) is 8.81. The van der Waals surface area contributed by atoms with Crippen LogP contribution >= 0.6 is 0 Å². The van der Waals surface area contributed by atoms with Gasteiger partial charge < -0.3 is 15.0 Å². The van der Waals surface area contributed by atoms with Gasteiger partial charge in [-0.3, -0.25) is 0 Å². The van der Waals surface area contributed by atoms with Gasteiger partial charge in [0.15, 0.2) is 0 Å². The number of ether oxygens (including phenoxy) is 1. The van der Waals surface area contributed by atoms with Crippen molar-refractivity contribution in [2.45, 2.75) is 12.8 Å². The molecule has 0 saturated carbocycles. The molecule has 1 amide bonds. The molecule has 1 aliphatic heterocycles. The van der Waals surface area contributed by atoms with Gasteiger partial charge in [0.2, 0.25) is 0 Å². The van der Waals surface area contributed by atoms with Gasteiger partial charge in [0, 0.05) is 19.6 Å². The van der Waals surface area contributed by atoms with Crippen LogP contribution in [0.4, 0.5) is 4.79 Å². The minimum atomic E-state index is -0.164. The summed E-state index contributed by atoms with van der Waals surface area (Å²) < 4.78 is 4.99. The molecule has 1 heterocycles. The first kappa shape index (κ1) is 9.32. The van der Waals surface area contributed by atoms with Gasteiger partial charge in [-0.2, -0.15) is 0 Å². The maximum atomic E-state index is 11.2. The Morgan fingerprint density at radius 2 is 2.17 bits per heavy atom. The molecule has 4 nitrogen and oxygen atoms in total. The highest BCUT2D eigenvalue weighted by atomic mass is 16.6. The average molecular weight is 172 g/mol. The van der Waals surface area contributed by atoms with Gasteiger partial charge in [0.05, 0.1) is 0 Å². The molecule has 70 valence electrons. The third-order valence-electron chi connectivity index (χ3n) is 1.94. The largest absolute Gasteiger partial charge is 0.448 e. The molecule has 0 aromatic carbocycles. The van der Waals surface area contributed by atoms with Crippen LogP contribution in [-0.2, 0) is 4.74 Å². The fraction of sp³-hybridized carbons (Fsp3) is 0.875. The fourth-order valence-electron chi connectivity index (χ4n) is 1.23. The molecule has 0 aromatic heterocycles. The van der Waals surface area contributed by atoms with Crippen LogP contribution in [0.1, 0.15) is 12.8 Å². The Bertz CT molecular complexity index is 144. The van der Waals surface area contributed by atoms with E-state index in [2.05, 4.69) is 5.32 Å². The monoisotopic (exact) mass is 172 g/mol. The van der Waals surface area contributed by atoms with Gasteiger partial charge in [-0.1, -0.05) is 0 Å². The number of likely N-dealkylation sites (tertiary alicyclic amines) is 1. The summed E-state index contributed by atoms with van der Waals surface area (Å²) in [5, 5.41) is 2.92. The predicted octanol–water partition coefficient (Wildman–Crippen LogP) is 0.438. The summed E-state index contributed by atoms with van der Waals surface area (Å²) in [6.45, 7) is 2.90. The Morgan fingerprint density at radius 1 is 1.50 bits per heavy atom. The van der Waals surface area contributed by atoms with Crippen LogP contribution < -0.4 is 5.32 Å². The number of nitrogens with zero attached hydrogens (tertiary/aromatic N) is 1.